The first kappa shape index (κ1) is 19.6. The van der Waals surface area contributed by atoms with Crippen molar-refractivity contribution < 1.29 is 32.9 Å². The Kier molecular flexibility index (Phi) is 4.49. The Hall–Kier alpha value is -2.75. The quantitative estimate of drug-likeness (QED) is 0.581. The van der Waals surface area contributed by atoms with Crippen molar-refractivity contribution in [2.24, 2.45) is 0 Å². The number of fused-ring (bicyclic) bond motifs is 3. The number of hydrogen-bond acceptors (Lipinski definition) is 4. The smallest absolute Gasteiger partial charge is 0.394 e. The van der Waals surface area contributed by atoms with Crippen LogP contribution in [0, 0.1) is 5.82 Å². The summed E-state index contributed by atoms with van der Waals surface area (Å²) in [6, 6.07) is 7.32. The van der Waals surface area contributed by atoms with E-state index >= 15 is 0 Å². The van der Waals surface area contributed by atoms with Crippen molar-refractivity contribution in [3.8, 4) is 22.3 Å². The van der Waals surface area contributed by atoms with E-state index in [-0.39, 0.29) is 28.8 Å². The van der Waals surface area contributed by atoms with Gasteiger partial charge >= 0.3 is 6.18 Å². The van der Waals surface area contributed by atoms with Gasteiger partial charge < -0.3 is 15.3 Å². The van der Waals surface area contributed by atoms with Gasteiger partial charge in [-0.05, 0) is 28.8 Å². The second-order valence-electron chi connectivity index (χ2n) is 6.92. The number of aliphatic hydroxyl groups excluding tert-OH is 2. The maximum Gasteiger partial charge on any atom is 0.425 e. The van der Waals surface area contributed by atoms with Crippen molar-refractivity contribution in [2.75, 3.05) is 6.61 Å². The minimum Gasteiger partial charge on any atom is -0.394 e. The molecule has 0 fully saturated rings. The van der Waals surface area contributed by atoms with Gasteiger partial charge in [0.2, 0.25) is 5.60 Å². The molecule has 0 unspecified atom stereocenters. The summed E-state index contributed by atoms with van der Waals surface area (Å²) in [6.45, 7) is -0.534. The van der Waals surface area contributed by atoms with Gasteiger partial charge in [0.05, 0.1) is 25.5 Å². The predicted octanol–water partition coefficient (Wildman–Crippen LogP) is 2.82. The summed E-state index contributed by atoms with van der Waals surface area (Å²) in [5.41, 5.74) is -3.60. The lowest BCUT2D eigenvalue weighted by molar-refractivity contribution is -0.246. The van der Waals surface area contributed by atoms with Crippen LogP contribution in [0.4, 0.5) is 17.6 Å². The van der Waals surface area contributed by atoms with E-state index in [1.54, 1.807) is 6.07 Å². The molecule has 2 aromatic carbocycles. The first-order valence-electron chi connectivity index (χ1n) is 8.71. The fourth-order valence-electron chi connectivity index (χ4n) is 3.75. The zero-order valence-electron chi connectivity index (χ0n) is 14.9. The molecule has 3 N–H and O–H groups in total. The van der Waals surface area contributed by atoms with Crippen molar-refractivity contribution in [3.63, 3.8) is 0 Å². The van der Waals surface area contributed by atoms with Crippen LogP contribution in [0.3, 0.4) is 0 Å². The predicted molar refractivity (Wildman–Crippen MR) is 95.2 cm³/mol. The molecular formula is C20H16F4N2O3. The van der Waals surface area contributed by atoms with Gasteiger partial charge in [0, 0.05) is 22.9 Å². The van der Waals surface area contributed by atoms with Crippen LogP contribution in [0.1, 0.15) is 11.1 Å². The third kappa shape index (κ3) is 2.93. The molecule has 152 valence electrons. The number of nitrogens with zero attached hydrogens (tertiary/aromatic N) is 2. The highest BCUT2D eigenvalue weighted by Crippen LogP contribution is 2.57. The van der Waals surface area contributed by atoms with Crippen LogP contribution in [0.5, 0.6) is 0 Å². The van der Waals surface area contributed by atoms with Crippen LogP contribution in [0.15, 0.2) is 48.8 Å². The molecule has 5 nitrogen and oxygen atoms in total. The number of rotatable bonds is 4. The van der Waals surface area contributed by atoms with Gasteiger partial charge in [-0.3, -0.25) is 4.68 Å². The molecule has 1 aliphatic rings. The molecule has 4 rings (SSSR count). The van der Waals surface area contributed by atoms with Gasteiger partial charge in [0.15, 0.2) is 0 Å². The lowest BCUT2D eigenvalue weighted by Crippen LogP contribution is -2.41. The van der Waals surface area contributed by atoms with Crippen LogP contribution in [0.25, 0.3) is 22.3 Å². The Bertz CT molecular complexity index is 1080. The average Bonchev–Trinajstić information content (AvgIpc) is 3.23. The van der Waals surface area contributed by atoms with Crippen LogP contribution >= 0.6 is 0 Å². The van der Waals surface area contributed by atoms with E-state index in [1.165, 1.54) is 35.3 Å². The highest BCUT2D eigenvalue weighted by molar-refractivity contribution is 5.92. The van der Waals surface area contributed by atoms with Gasteiger partial charge in [-0.1, -0.05) is 24.3 Å². The summed E-state index contributed by atoms with van der Waals surface area (Å²) < 4.78 is 57.4. The van der Waals surface area contributed by atoms with Crippen molar-refractivity contribution >= 4 is 0 Å². The first-order chi connectivity index (χ1) is 13.7. The average molecular weight is 408 g/mol. The zero-order chi connectivity index (χ0) is 21.0. The van der Waals surface area contributed by atoms with Crippen LogP contribution in [0.2, 0.25) is 0 Å². The SMILES string of the molecule is OC[C@@H](O)Cn1cc(-c2cc(F)cc3c2-c2ccccc2[C@]3(O)C(F)(F)F)cn1. The van der Waals surface area contributed by atoms with Gasteiger partial charge in [-0.25, -0.2) is 4.39 Å². The van der Waals surface area contributed by atoms with Crippen molar-refractivity contribution in [3.05, 3.63) is 65.7 Å². The molecule has 0 amide bonds. The topological polar surface area (TPSA) is 78.5 Å². The summed E-state index contributed by atoms with van der Waals surface area (Å²) in [6.07, 6.45) is -3.37. The maximum absolute atomic E-state index is 14.4. The normalized spacial score (nSPS) is 19.1. The van der Waals surface area contributed by atoms with E-state index in [4.69, 9.17) is 5.11 Å². The third-order valence-electron chi connectivity index (χ3n) is 5.04. The number of hydrogen-bond donors (Lipinski definition) is 3. The molecule has 29 heavy (non-hydrogen) atoms. The van der Waals surface area contributed by atoms with Crippen LogP contribution in [-0.2, 0) is 12.1 Å². The summed E-state index contributed by atoms with van der Waals surface area (Å²) in [5, 5.41) is 33.2. The highest BCUT2D eigenvalue weighted by Gasteiger charge is 2.61. The molecule has 2 atom stereocenters. The Morgan fingerprint density at radius 3 is 2.52 bits per heavy atom. The number of halogens is 4. The number of aliphatic hydroxyl groups is 3. The molecule has 0 radical (unpaired) electrons. The molecular weight excluding hydrogens is 392 g/mol. The molecule has 9 heteroatoms. The first-order valence-corrected chi connectivity index (χ1v) is 8.71. The molecule has 0 spiro atoms. The van der Waals surface area contributed by atoms with E-state index in [9.17, 15) is 27.8 Å². The van der Waals surface area contributed by atoms with Gasteiger partial charge in [-0.15, -0.1) is 0 Å². The molecule has 1 heterocycles. The lowest BCUT2D eigenvalue weighted by Gasteiger charge is -2.28. The summed E-state index contributed by atoms with van der Waals surface area (Å²) in [4.78, 5) is 0. The Labute approximate surface area is 162 Å². The number of alkyl halides is 3. The molecule has 0 bridgehead atoms. The van der Waals surface area contributed by atoms with E-state index in [0.717, 1.165) is 6.07 Å². The van der Waals surface area contributed by atoms with Crippen molar-refractivity contribution in [1.82, 2.24) is 9.78 Å². The van der Waals surface area contributed by atoms with Crippen LogP contribution in [-0.4, -0.2) is 44.0 Å². The van der Waals surface area contributed by atoms with Gasteiger partial charge in [-0.2, -0.15) is 18.3 Å². The summed E-state index contributed by atoms with van der Waals surface area (Å²) in [5.74, 6) is -0.933. The molecule has 1 aromatic heterocycles. The largest absolute Gasteiger partial charge is 0.425 e. The standard InChI is InChI=1S/C20H16F4N2O3/c21-12-5-15(11-7-25-26(8-11)9-13(28)10-27)18-14-3-1-2-4-16(14)19(29,17(18)6-12)20(22,23)24/h1-8,13,27-29H,9-10H2/t13-,19+/m0/s1. The summed E-state index contributed by atoms with van der Waals surface area (Å²) in [7, 11) is 0. The van der Waals surface area contributed by atoms with Gasteiger partial charge in [0.25, 0.3) is 0 Å². The molecule has 0 aliphatic heterocycles. The Balaban J connectivity index is 1.95. The fourth-order valence-corrected chi connectivity index (χ4v) is 3.75. The zero-order valence-corrected chi connectivity index (χ0v) is 14.9. The fraction of sp³-hybridized carbons (Fsp3) is 0.250. The Morgan fingerprint density at radius 2 is 1.83 bits per heavy atom. The lowest BCUT2D eigenvalue weighted by atomic mass is 9.89. The van der Waals surface area contributed by atoms with E-state index < -0.39 is 35.9 Å². The van der Waals surface area contributed by atoms with E-state index in [0.29, 0.717) is 11.6 Å². The van der Waals surface area contributed by atoms with Gasteiger partial charge in [0.1, 0.15) is 5.82 Å². The van der Waals surface area contributed by atoms with Crippen molar-refractivity contribution in [2.45, 2.75) is 24.4 Å². The summed E-state index contributed by atoms with van der Waals surface area (Å²) >= 11 is 0. The molecule has 1 aliphatic carbocycles. The molecule has 0 saturated heterocycles. The Morgan fingerprint density at radius 1 is 1.10 bits per heavy atom. The molecule has 0 saturated carbocycles. The minimum atomic E-state index is -5.06. The third-order valence-corrected chi connectivity index (χ3v) is 5.04. The second kappa shape index (κ2) is 6.65. The number of benzene rings is 2. The highest BCUT2D eigenvalue weighted by atomic mass is 19.4. The van der Waals surface area contributed by atoms with Crippen LogP contribution < -0.4 is 0 Å². The van der Waals surface area contributed by atoms with E-state index in [1.807, 2.05) is 0 Å². The number of aromatic nitrogens is 2. The monoisotopic (exact) mass is 408 g/mol. The van der Waals surface area contributed by atoms with Crippen molar-refractivity contribution in [1.29, 1.82) is 0 Å². The maximum atomic E-state index is 14.4. The second-order valence-corrected chi connectivity index (χ2v) is 6.92. The van der Waals surface area contributed by atoms with E-state index in [2.05, 4.69) is 5.10 Å². The molecule has 3 aromatic rings. The minimum absolute atomic E-state index is 0.0446.